The number of piperazine rings is 1. The molecule has 1 aromatic carbocycles. The molecule has 1 aromatic heterocycles. The lowest BCUT2D eigenvalue weighted by atomic mass is 10.2. The van der Waals surface area contributed by atoms with Crippen molar-refractivity contribution < 1.29 is 9.69 Å². The maximum atomic E-state index is 12.8. The zero-order chi connectivity index (χ0) is 17.1. The van der Waals surface area contributed by atoms with E-state index in [2.05, 4.69) is 51.6 Å². The second kappa shape index (κ2) is 7.58. The number of quaternary nitrogens is 1. The van der Waals surface area contributed by atoms with Crippen molar-refractivity contribution in [3.63, 3.8) is 0 Å². The average Bonchev–Trinajstić information content (AvgIpc) is 3.34. The number of hydrogen-bond acceptors (Lipinski definition) is 3. The van der Waals surface area contributed by atoms with E-state index < -0.39 is 0 Å². The van der Waals surface area contributed by atoms with E-state index in [-0.39, 0.29) is 0 Å². The number of carbonyl (C=O) groups is 1. The van der Waals surface area contributed by atoms with Gasteiger partial charge in [0.1, 0.15) is 6.04 Å². The Morgan fingerprint density at radius 1 is 1.08 bits per heavy atom. The molecule has 2 saturated heterocycles. The summed E-state index contributed by atoms with van der Waals surface area (Å²) in [5, 5.41) is 2.15. The SMILES string of the molecule is O=C(C[NH+]1CCC[C@@H]1c1cccs1)N1CCN(c2ccccc2)CC1. The van der Waals surface area contributed by atoms with Crippen LogP contribution in [0.15, 0.2) is 47.8 Å². The Labute approximate surface area is 153 Å². The van der Waals surface area contributed by atoms with Gasteiger partial charge in [-0.2, -0.15) is 0 Å². The fourth-order valence-electron chi connectivity index (χ4n) is 4.12. The predicted molar refractivity (Wildman–Crippen MR) is 102 cm³/mol. The fraction of sp³-hybridized carbons (Fsp3) is 0.450. The first kappa shape index (κ1) is 16.6. The summed E-state index contributed by atoms with van der Waals surface area (Å²) in [5.74, 6) is 0.325. The molecule has 1 unspecified atom stereocenters. The average molecular weight is 357 g/mol. The van der Waals surface area contributed by atoms with E-state index in [1.54, 1.807) is 0 Å². The van der Waals surface area contributed by atoms with Gasteiger partial charge in [0, 0.05) is 44.7 Å². The van der Waals surface area contributed by atoms with Crippen molar-refractivity contribution in [2.45, 2.75) is 18.9 Å². The molecule has 2 aliphatic heterocycles. The van der Waals surface area contributed by atoms with Crippen molar-refractivity contribution in [1.29, 1.82) is 0 Å². The molecule has 2 atom stereocenters. The molecule has 2 fully saturated rings. The maximum Gasteiger partial charge on any atom is 0.277 e. The van der Waals surface area contributed by atoms with Crippen LogP contribution in [0.5, 0.6) is 0 Å². The second-order valence-electron chi connectivity index (χ2n) is 7.00. The molecule has 5 heteroatoms. The summed E-state index contributed by atoms with van der Waals surface area (Å²) in [4.78, 5) is 20.1. The highest BCUT2D eigenvalue weighted by atomic mass is 32.1. The number of rotatable bonds is 4. The van der Waals surface area contributed by atoms with Crippen molar-refractivity contribution >= 4 is 22.9 Å². The first-order valence-electron chi connectivity index (χ1n) is 9.27. The van der Waals surface area contributed by atoms with E-state index in [0.717, 1.165) is 32.7 Å². The molecule has 4 rings (SSSR count). The summed E-state index contributed by atoms with van der Waals surface area (Å²) >= 11 is 1.83. The molecular weight excluding hydrogens is 330 g/mol. The number of amides is 1. The van der Waals surface area contributed by atoms with Gasteiger partial charge in [-0.05, 0) is 23.6 Å². The van der Waals surface area contributed by atoms with Gasteiger partial charge in [-0.3, -0.25) is 4.79 Å². The highest BCUT2D eigenvalue weighted by Gasteiger charge is 2.34. The van der Waals surface area contributed by atoms with Gasteiger partial charge in [0.05, 0.1) is 11.4 Å². The molecule has 0 bridgehead atoms. The summed E-state index contributed by atoms with van der Waals surface area (Å²) in [6, 6.07) is 15.4. The lowest BCUT2D eigenvalue weighted by molar-refractivity contribution is -0.910. The zero-order valence-corrected chi connectivity index (χ0v) is 15.4. The van der Waals surface area contributed by atoms with E-state index >= 15 is 0 Å². The number of anilines is 1. The molecule has 0 aliphatic carbocycles. The van der Waals surface area contributed by atoms with Gasteiger partial charge < -0.3 is 14.7 Å². The minimum absolute atomic E-state index is 0.325. The van der Waals surface area contributed by atoms with E-state index in [9.17, 15) is 4.79 Å². The Morgan fingerprint density at radius 2 is 1.88 bits per heavy atom. The van der Waals surface area contributed by atoms with Crippen LogP contribution in [0.2, 0.25) is 0 Å². The normalized spacial score (nSPS) is 23.8. The third-order valence-corrected chi connectivity index (χ3v) is 6.49. The first-order valence-corrected chi connectivity index (χ1v) is 10.1. The smallest absolute Gasteiger partial charge is 0.277 e. The number of thiophene rings is 1. The van der Waals surface area contributed by atoms with E-state index in [0.29, 0.717) is 18.5 Å². The number of carbonyl (C=O) groups excluding carboxylic acids is 1. The summed E-state index contributed by atoms with van der Waals surface area (Å²) in [7, 11) is 0. The summed E-state index contributed by atoms with van der Waals surface area (Å²) < 4.78 is 0. The number of para-hydroxylation sites is 1. The Balaban J connectivity index is 1.32. The zero-order valence-electron chi connectivity index (χ0n) is 14.6. The van der Waals surface area contributed by atoms with Gasteiger partial charge in [-0.15, -0.1) is 11.3 Å². The minimum Gasteiger partial charge on any atom is -0.368 e. The molecule has 4 nitrogen and oxygen atoms in total. The van der Waals surface area contributed by atoms with Crippen LogP contribution >= 0.6 is 11.3 Å². The van der Waals surface area contributed by atoms with Crippen molar-refractivity contribution in [2.75, 3.05) is 44.2 Å². The van der Waals surface area contributed by atoms with Crippen molar-refractivity contribution in [3.8, 4) is 0 Å². The lowest BCUT2D eigenvalue weighted by Crippen LogP contribution is -3.11. The van der Waals surface area contributed by atoms with Gasteiger partial charge >= 0.3 is 0 Å². The Hall–Kier alpha value is -1.85. The van der Waals surface area contributed by atoms with Crippen LogP contribution in [0.4, 0.5) is 5.69 Å². The standard InChI is InChI=1S/C20H25N3OS/c24-20(16-23-10-4-8-18(23)19-9-5-15-25-19)22-13-11-21(12-14-22)17-6-2-1-3-7-17/h1-3,5-7,9,15,18H,4,8,10-14,16H2/p+1/t18-/m1/s1. The Bertz CT molecular complexity index is 680. The highest BCUT2D eigenvalue weighted by molar-refractivity contribution is 7.10. The molecule has 1 amide bonds. The Morgan fingerprint density at radius 3 is 2.60 bits per heavy atom. The molecule has 0 spiro atoms. The first-order chi connectivity index (χ1) is 12.3. The molecule has 1 N–H and O–H groups in total. The second-order valence-corrected chi connectivity index (χ2v) is 7.98. The molecule has 2 aliphatic rings. The van der Waals surface area contributed by atoms with Gasteiger partial charge in [0.25, 0.3) is 5.91 Å². The quantitative estimate of drug-likeness (QED) is 0.905. The van der Waals surface area contributed by atoms with Crippen LogP contribution in [0.1, 0.15) is 23.8 Å². The summed E-state index contributed by atoms with van der Waals surface area (Å²) in [5.41, 5.74) is 1.26. The molecule has 3 heterocycles. The molecule has 0 radical (unpaired) electrons. The van der Waals surface area contributed by atoms with Crippen LogP contribution in [0.25, 0.3) is 0 Å². The van der Waals surface area contributed by atoms with Gasteiger partial charge in [-0.1, -0.05) is 24.3 Å². The predicted octanol–water partition coefficient (Wildman–Crippen LogP) is 1.82. The molecule has 2 aromatic rings. The monoisotopic (exact) mass is 356 g/mol. The fourth-order valence-corrected chi connectivity index (χ4v) is 5.04. The van der Waals surface area contributed by atoms with Crippen LogP contribution in [-0.4, -0.2) is 50.1 Å². The number of nitrogens with one attached hydrogen (secondary N) is 1. The van der Waals surface area contributed by atoms with Crippen molar-refractivity contribution in [3.05, 3.63) is 52.7 Å². The number of nitrogens with zero attached hydrogens (tertiary/aromatic N) is 2. The maximum absolute atomic E-state index is 12.8. The molecule has 132 valence electrons. The third kappa shape index (κ3) is 3.72. The Kier molecular flexibility index (Phi) is 5.04. The summed E-state index contributed by atoms with van der Waals surface area (Å²) in [6.45, 7) is 5.31. The van der Waals surface area contributed by atoms with Gasteiger partial charge in [0.15, 0.2) is 6.54 Å². The summed E-state index contributed by atoms with van der Waals surface area (Å²) in [6.07, 6.45) is 2.44. The number of likely N-dealkylation sites (tertiary alicyclic amines) is 1. The van der Waals surface area contributed by atoms with E-state index in [1.165, 1.54) is 28.3 Å². The van der Waals surface area contributed by atoms with Gasteiger partial charge in [0.2, 0.25) is 0 Å². The highest BCUT2D eigenvalue weighted by Crippen LogP contribution is 2.23. The van der Waals surface area contributed by atoms with Crippen LogP contribution in [0, 0.1) is 0 Å². The van der Waals surface area contributed by atoms with Gasteiger partial charge in [-0.25, -0.2) is 0 Å². The van der Waals surface area contributed by atoms with Crippen LogP contribution in [0.3, 0.4) is 0 Å². The van der Waals surface area contributed by atoms with E-state index in [4.69, 9.17) is 0 Å². The lowest BCUT2D eigenvalue weighted by Gasteiger charge is -2.36. The molecular formula is C20H26N3OS+. The molecule has 25 heavy (non-hydrogen) atoms. The topological polar surface area (TPSA) is 28.0 Å². The third-order valence-electron chi connectivity index (χ3n) is 5.50. The van der Waals surface area contributed by atoms with Crippen molar-refractivity contribution in [1.82, 2.24) is 4.90 Å². The largest absolute Gasteiger partial charge is 0.368 e. The number of benzene rings is 1. The molecule has 0 saturated carbocycles. The van der Waals surface area contributed by atoms with Crippen molar-refractivity contribution in [2.24, 2.45) is 0 Å². The number of hydrogen-bond donors (Lipinski definition) is 1. The van der Waals surface area contributed by atoms with Crippen LogP contribution in [-0.2, 0) is 4.79 Å². The van der Waals surface area contributed by atoms with Crippen LogP contribution < -0.4 is 9.80 Å². The van der Waals surface area contributed by atoms with E-state index in [1.807, 2.05) is 17.4 Å². The minimum atomic E-state index is 0.325.